The molecule has 1 N–H and O–H groups in total. The maximum Gasteiger partial charge on any atom is 0.323 e. The highest BCUT2D eigenvalue weighted by Crippen LogP contribution is 2.01. The van der Waals surface area contributed by atoms with Gasteiger partial charge in [-0.2, -0.15) is 0 Å². The summed E-state index contributed by atoms with van der Waals surface area (Å²) in [6.07, 6.45) is 1.72. The minimum atomic E-state index is -0.238. The van der Waals surface area contributed by atoms with Gasteiger partial charge in [-0.3, -0.25) is 9.69 Å². The Hall–Kier alpha value is -0.690. The topological polar surface area (TPSA) is 60.0 Å². The summed E-state index contributed by atoms with van der Waals surface area (Å²) >= 11 is 0. The van der Waals surface area contributed by atoms with E-state index in [1.807, 2.05) is 6.92 Å². The molecule has 0 aliphatic rings. The van der Waals surface area contributed by atoms with Gasteiger partial charge in [0.25, 0.3) is 0 Å². The Bertz CT molecular complexity index is 244. The van der Waals surface area contributed by atoms with Crippen molar-refractivity contribution >= 4 is 5.97 Å². The molecule has 0 heterocycles. The molecule has 0 aromatic carbocycles. The molecular weight excluding hydrogens is 272 g/mol. The van der Waals surface area contributed by atoms with Gasteiger partial charge >= 0.3 is 5.97 Å². The van der Waals surface area contributed by atoms with Gasteiger partial charge in [0.05, 0.1) is 19.8 Å². The van der Waals surface area contributed by atoms with Crippen molar-refractivity contribution in [1.82, 2.24) is 10.2 Å². The number of esters is 1. The summed E-state index contributed by atoms with van der Waals surface area (Å²) in [7, 11) is 3.39. The summed E-state index contributed by atoms with van der Waals surface area (Å²) in [5, 5.41) is 3.26. The number of hydrogen-bond acceptors (Lipinski definition) is 6. The van der Waals surface area contributed by atoms with E-state index >= 15 is 0 Å². The third kappa shape index (κ3) is 10.6. The lowest BCUT2D eigenvalue weighted by molar-refractivity contribution is -0.145. The highest BCUT2D eigenvalue weighted by atomic mass is 16.5. The summed E-state index contributed by atoms with van der Waals surface area (Å²) in [5.74, 6) is -0.163. The lowest BCUT2D eigenvalue weighted by Crippen LogP contribution is -2.42. The van der Waals surface area contributed by atoms with Crippen LogP contribution in [-0.4, -0.2) is 77.1 Å². The molecule has 21 heavy (non-hydrogen) atoms. The molecule has 0 amide bonds. The summed E-state index contributed by atoms with van der Waals surface area (Å²) in [4.78, 5) is 14.2. The fourth-order valence-corrected chi connectivity index (χ4v) is 1.95. The molecule has 126 valence electrons. The van der Waals surface area contributed by atoms with Gasteiger partial charge in [0.15, 0.2) is 0 Å². The van der Waals surface area contributed by atoms with E-state index in [1.54, 1.807) is 14.2 Å². The minimum absolute atomic E-state index is 0.163. The van der Waals surface area contributed by atoms with Gasteiger partial charge < -0.3 is 19.5 Å². The monoisotopic (exact) mass is 304 g/mol. The first-order valence-electron chi connectivity index (χ1n) is 7.79. The van der Waals surface area contributed by atoms with Crippen molar-refractivity contribution in [1.29, 1.82) is 0 Å². The smallest absolute Gasteiger partial charge is 0.323 e. The van der Waals surface area contributed by atoms with E-state index in [4.69, 9.17) is 14.2 Å². The van der Waals surface area contributed by atoms with E-state index in [1.165, 1.54) is 0 Å². The van der Waals surface area contributed by atoms with E-state index in [0.29, 0.717) is 19.8 Å². The Labute approximate surface area is 129 Å². The van der Waals surface area contributed by atoms with Crippen LogP contribution in [-0.2, 0) is 19.0 Å². The summed E-state index contributed by atoms with van der Waals surface area (Å²) in [6, 6.07) is -0.238. The second kappa shape index (κ2) is 14.3. The van der Waals surface area contributed by atoms with Crippen LogP contribution in [0.3, 0.4) is 0 Å². The zero-order valence-electron chi connectivity index (χ0n) is 14.0. The van der Waals surface area contributed by atoms with Crippen LogP contribution in [0, 0.1) is 0 Å². The fourth-order valence-electron chi connectivity index (χ4n) is 1.95. The van der Waals surface area contributed by atoms with E-state index in [-0.39, 0.29) is 12.0 Å². The van der Waals surface area contributed by atoms with Crippen molar-refractivity contribution in [2.45, 2.75) is 32.7 Å². The first-order chi connectivity index (χ1) is 10.2. The van der Waals surface area contributed by atoms with Gasteiger partial charge in [-0.25, -0.2) is 0 Å². The Balaban J connectivity index is 4.31. The Morgan fingerprint density at radius 3 is 2.19 bits per heavy atom. The molecule has 0 fully saturated rings. The van der Waals surface area contributed by atoms with Crippen LogP contribution in [0.4, 0.5) is 0 Å². The average Bonchev–Trinajstić information content (AvgIpc) is 2.49. The number of ether oxygens (including phenoxy) is 3. The lowest BCUT2D eigenvalue weighted by Gasteiger charge is -2.24. The first-order valence-corrected chi connectivity index (χ1v) is 7.79. The highest BCUT2D eigenvalue weighted by Gasteiger charge is 2.19. The Morgan fingerprint density at radius 1 is 1.10 bits per heavy atom. The van der Waals surface area contributed by atoms with Gasteiger partial charge in [0, 0.05) is 33.9 Å². The van der Waals surface area contributed by atoms with Gasteiger partial charge in [0.1, 0.15) is 6.04 Å². The molecule has 0 aliphatic carbocycles. The van der Waals surface area contributed by atoms with Crippen LogP contribution in [0.2, 0.25) is 0 Å². The Morgan fingerprint density at radius 2 is 1.71 bits per heavy atom. The predicted octanol–water partition coefficient (Wildman–Crippen LogP) is 0.903. The second-order valence-electron chi connectivity index (χ2n) is 4.87. The largest absolute Gasteiger partial charge is 0.465 e. The lowest BCUT2D eigenvalue weighted by atomic mass is 10.2. The molecule has 1 atom stereocenters. The number of hydrogen-bond donors (Lipinski definition) is 1. The molecule has 0 bridgehead atoms. The van der Waals surface area contributed by atoms with E-state index in [0.717, 1.165) is 39.0 Å². The zero-order valence-corrected chi connectivity index (χ0v) is 14.0. The summed E-state index contributed by atoms with van der Waals surface area (Å²) in [5.41, 5.74) is 0. The number of methoxy groups -OCH3 is 2. The second-order valence-corrected chi connectivity index (χ2v) is 4.87. The molecule has 0 spiro atoms. The molecule has 0 saturated heterocycles. The van der Waals surface area contributed by atoms with Crippen molar-refractivity contribution in [3.05, 3.63) is 0 Å². The minimum Gasteiger partial charge on any atom is -0.465 e. The molecule has 6 nitrogen and oxygen atoms in total. The molecule has 0 aromatic heterocycles. The summed E-state index contributed by atoms with van der Waals surface area (Å²) < 4.78 is 15.4. The van der Waals surface area contributed by atoms with Gasteiger partial charge in [-0.05, 0) is 26.3 Å². The first kappa shape index (κ1) is 20.3. The van der Waals surface area contributed by atoms with Crippen molar-refractivity contribution < 1.29 is 19.0 Å². The average molecular weight is 304 g/mol. The van der Waals surface area contributed by atoms with Crippen LogP contribution in [0.5, 0.6) is 0 Å². The van der Waals surface area contributed by atoms with Crippen LogP contribution in [0.25, 0.3) is 0 Å². The van der Waals surface area contributed by atoms with Gasteiger partial charge in [-0.1, -0.05) is 6.92 Å². The van der Waals surface area contributed by atoms with Crippen molar-refractivity contribution in [2.75, 3.05) is 60.2 Å². The highest BCUT2D eigenvalue weighted by molar-refractivity contribution is 5.75. The SMILES string of the molecule is CCCNC(CCN(CCOC)CCOC)C(=O)OCC. The van der Waals surface area contributed by atoms with E-state index in [9.17, 15) is 4.79 Å². The molecule has 0 aromatic rings. The van der Waals surface area contributed by atoms with Crippen molar-refractivity contribution in [2.24, 2.45) is 0 Å². The van der Waals surface area contributed by atoms with Crippen molar-refractivity contribution in [3.63, 3.8) is 0 Å². The maximum absolute atomic E-state index is 11.9. The third-order valence-electron chi connectivity index (χ3n) is 3.17. The fraction of sp³-hybridized carbons (Fsp3) is 0.933. The number of carbonyl (C=O) groups excluding carboxylic acids is 1. The van der Waals surface area contributed by atoms with Crippen LogP contribution < -0.4 is 5.32 Å². The van der Waals surface area contributed by atoms with Crippen LogP contribution in [0.15, 0.2) is 0 Å². The predicted molar refractivity (Wildman–Crippen MR) is 83.5 cm³/mol. The normalized spacial score (nSPS) is 12.6. The molecule has 6 heteroatoms. The Kier molecular flexibility index (Phi) is 13.8. The molecule has 0 rings (SSSR count). The number of nitrogens with zero attached hydrogens (tertiary/aromatic N) is 1. The molecule has 0 aliphatic heterocycles. The maximum atomic E-state index is 11.9. The standard InChI is InChI=1S/C15H32N2O4/c1-5-8-16-14(15(18)21-6-2)7-9-17(10-12-19-3)11-13-20-4/h14,16H,5-13H2,1-4H3. The zero-order chi connectivity index (χ0) is 15.9. The summed E-state index contributed by atoms with van der Waals surface area (Å²) in [6.45, 7) is 8.99. The molecular formula is C15H32N2O4. The van der Waals surface area contributed by atoms with Crippen LogP contribution >= 0.6 is 0 Å². The molecule has 0 saturated carbocycles. The third-order valence-corrected chi connectivity index (χ3v) is 3.17. The number of rotatable bonds is 14. The van der Waals surface area contributed by atoms with Gasteiger partial charge in [-0.15, -0.1) is 0 Å². The number of nitrogens with one attached hydrogen (secondary N) is 1. The van der Waals surface area contributed by atoms with Crippen LogP contribution in [0.1, 0.15) is 26.7 Å². The quantitative estimate of drug-likeness (QED) is 0.481. The van der Waals surface area contributed by atoms with E-state index < -0.39 is 0 Å². The van der Waals surface area contributed by atoms with Gasteiger partial charge in [0.2, 0.25) is 0 Å². The van der Waals surface area contributed by atoms with E-state index in [2.05, 4.69) is 17.1 Å². The van der Waals surface area contributed by atoms with Crippen molar-refractivity contribution in [3.8, 4) is 0 Å². The molecule has 1 unspecified atom stereocenters. The number of carbonyl (C=O) groups is 1. The molecule has 0 radical (unpaired) electrons.